The van der Waals surface area contributed by atoms with Crippen LogP contribution >= 0.6 is 0 Å². The van der Waals surface area contributed by atoms with Crippen molar-refractivity contribution in [1.82, 2.24) is 31.4 Å². The second-order valence-corrected chi connectivity index (χ2v) is 14.3. The molecule has 1 heterocycles. The van der Waals surface area contributed by atoms with Gasteiger partial charge in [-0.15, -0.1) is 0 Å². The Labute approximate surface area is 289 Å². The van der Waals surface area contributed by atoms with E-state index in [1.807, 2.05) is 69.3 Å². The van der Waals surface area contributed by atoms with Crippen molar-refractivity contribution >= 4 is 23.8 Å². The average molecular weight is 675 g/mol. The van der Waals surface area contributed by atoms with Gasteiger partial charge in [0.2, 0.25) is 5.91 Å². The summed E-state index contributed by atoms with van der Waals surface area (Å²) < 4.78 is 4.77. The Morgan fingerprint density at radius 3 is 1.92 bits per heavy atom. The zero-order valence-corrected chi connectivity index (χ0v) is 29.7. The Morgan fingerprint density at radius 1 is 0.796 bits per heavy atom. The van der Waals surface area contributed by atoms with E-state index >= 15 is 0 Å². The second kappa shape index (κ2) is 16.5. The van der Waals surface area contributed by atoms with E-state index < -0.39 is 52.3 Å². The van der Waals surface area contributed by atoms with Gasteiger partial charge in [-0.2, -0.15) is 0 Å². The number of carbonyl (C=O) groups is 4. The fraction of sp³-hybridized carbons (Fsp3) is 0.432. The molecule has 49 heavy (non-hydrogen) atoms. The third kappa shape index (κ3) is 11.1. The summed E-state index contributed by atoms with van der Waals surface area (Å²) in [7, 11) is 2.69. The van der Waals surface area contributed by atoms with E-state index in [9.17, 15) is 24.3 Å². The van der Waals surface area contributed by atoms with Crippen molar-refractivity contribution in [2.24, 2.45) is 10.8 Å². The molecular formula is C37H50N6O6. The van der Waals surface area contributed by atoms with Gasteiger partial charge >= 0.3 is 6.09 Å². The quantitative estimate of drug-likeness (QED) is 0.172. The van der Waals surface area contributed by atoms with E-state index in [0.29, 0.717) is 5.56 Å². The average Bonchev–Trinajstić information content (AvgIpc) is 3.05. The lowest BCUT2D eigenvalue weighted by molar-refractivity contribution is -0.149. The van der Waals surface area contributed by atoms with Gasteiger partial charge in [-0.3, -0.25) is 24.8 Å². The standard InChI is InChI=1S/C37H50N6O6/c1-35(2,3)29(31(44)38-7)40-33(46)37(48,22-25-14-10-9-11-15-25)24-43(42-32(45)30(36(4,5)6)41-34(47)49-8)23-26-17-19-27(20-18-26)28-16-12-13-21-39-28/h9-21,29-30,48H,22-24H2,1-8H3,(H,38,44)(H,40,46)(H,41,47)(H,42,45)/t29-,30-,37+/m1/s1. The van der Waals surface area contributed by atoms with E-state index in [2.05, 4.69) is 26.4 Å². The fourth-order valence-corrected chi connectivity index (χ4v) is 5.28. The first-order chi connectivity index (χ1) is 23.0. The number of benzene rings is 2. The molecule has 264 valence electrons. The van der Waals surface area contributed by atoms with Crippen LogP contribution in [0.1, 0.15) is 52.7 Å². The predicted octanol–water partition coefficient (Wildman–Crippen LogP) is 3.60. The molecule has 4 amide bonds. The first-order valence-electron chi connectivity index (χ1n) is 16.2. The molecule has 0 fully saturated rings. The van der Waals surface area contributed by atoms with Crippen LogP contribution in [0, 0.1) is 10.8 Å². The van der Waals surface area contributed by atoms with E-state index in [4.69, 9.17) is 4.74 Å². The SMILES string of the molecule is CNC(=O)[C@@H](NC(=O)[C@](O)(Cc1ccccc1)CN(Cc1ccc(-c2ccccn2)cc1)NC(=O)[C@@H](NC(=O)OC)C(C)(C)C)C(C)(C)C. The van der Waals surface area contributed by atoms with Crippen molar-refractivity contribution in [3.8, 4) is 11.3 Å². The smallest absolute Gasteiger partial charge is 0.407 e. The summed E-state index contributed by atoms with van der Waals surface area (Å²) in [4.78, 5) is 57.5. The number of hydrogen-bond acceptors (Lipinski definition) is 8. The minimum absolute atomic E-state index is 0.0752. The molecule has 3 atom stereocenters. The molecule has 1 aromatic heterocycles. The van der Waals surface area contributed by atoms with E-state index in [1.54, 1.807) is 51.2 Å². The van der Waals surface area contributed by atoms with Crippen LogP contribution in [0.25, 0.3) is 11.3 Å². The van der Waals surface area contributed by atoms with Gasteiger partial charge in [0.15, 0.2) is 5.60 Å². The molecule has 0 spiro atoms. The second-order valence-electron chi connectivity index (χ2n) is 14.3. The molecule has 0 bridgehead atoms. The third-order valence-electron chi connectivity index (χ3n) is 8.00. The number of hydrazine groups is 1. The van der Waals surface area contributed by atoms with Crippen LogP contribution in [0.15, 0.2) is 79.0 Å². The number of amides is 4. The van der Waals surface area contributed by atoms with E-state index in [1.165, 1.54) is 19.2 Å². The Hall–Kier alpha value is -4.81. The molecule has 0 aliphatic rings. The van der Waals surface area contributed by atoms with Gasteiger partial charge in [0.25, 0.3) is 11.8 Å². The number of aromatic nitrogens is 1. The molecule has 0 aliphatic carbocycles. The lowest BCUT2D eigenvalue weighted by Gasteiger charge is -2.38. The predicted molar refractivity (Wildman–Crippen MR) is 188 cm³/mol. The van der Waals surface area contributed by atoms with Crippen molar-refractivity contribution in [2.45, 2.75) is 72.2 Å². The molecule has 0 unspecified atom stereocenters. The van der Waals surface area contributed by atoms with Gasteiger partial charge in [0.05, 0.1) is 19.3 Å². The van der Waals surface area contributed by atoms with Gasteiger partial charge in [-0.25, -0.2) is 9.80 Å². The number of likely N-dealkylation sites (N-methyl/N-ethyl adjacent to an activating group) is 1. The monoisotopic (exact) mass is 674 g/mol. The van der Waals surface area contributed by atoms with E-state index in [0.717, 1.165) is 16.8 Å². The highest BCUT2D eigenvalue weighted by atomic mass is 16.5. The highest BCUT2D eigenvalue weighted by Crippen LogP contribution is 2.25. The summed E-state index contributed by atoms with van der Waals surface area (Å²) in [5, 5.41) is 21.7. The minimum Gasteiger partial charge on any atom is -0.453 e. The maximum Gasteiger partial charge on any atom is 0.407 e. The normalized spacial score (nSPS) is 14.2. The Morgan fingerprint density at radius 2 is 1.39 bits per heavy atom. The lowest BCUT2D eigenvalue weighted by Crippen LogP contribution is -2.64. The molecule has 5 N–H and O–H groups in total. The summed E-state index contributed by atoms with van der Waals surface area (Å²) in [6, 6.07) is 20.1. The summed E-state index contributed by atoms with van der Waals surface area (Å²) in [5.41, 5.74) is 2.40. The molecule has 2 aromatic carbocycles. The number of ether oxygens (including phenoxy) is 1. The molecular weight excluding hydrogens is 624 g/mol. The molecule has 12 heteroatoms. The van der Waals surface area contributed by atoms with Crippen molar-refractivity contribution in [3.63, 3.8) is 0 Å². The molecule has 0 saturated carbocycles. The number of carbonyl (C=O) groups excluding carboxylic acids is 4. The van der Waals surface area contributed by atoms with Crippen molar-refractivity contribution in [1.29, 1.82) is 0 Å². The lowest BCUT2D eigenvalue weighted by atomic mass is 9.84. The number of rotatable bonds is 13. The minimum atomic E-state index is -2.13. The maximum absolute atomic E-state index is 14.1. The Kier molecular flexibility index (Phi) is 13.0. The van der Waals surface area contributed by atoms with Gasteiger partial charge in [-0.05, 0) is 34.1 Å². The largest absolute Gasteiger partial charge is 0.453 e. The summed E-state index contributed by atoms with van der Waals surface area (Å²) in [6.45, 7) is 10.5. The van der Waals surface area contributed by atoms with Crippen LogP contribution in [-0.2, 0) is 32.1 Å². The van der Waals surface area contributed by atoms with Crippen LogP contribution < -0.4 is 21.4 Å². The molecule has 0 saturated heterocycles. The summed E-state index contributed by atoms with van der Waals surface area (Å²) >= 11 is 0. The first-order valence-corrected chi connectivity index (χ1v) is 16.2. The van der Waals surface area contributed by atoms with Gasteiger partial charge in [0, 0.05) is 31.8 Å². The molecule has 3 aromatic rings. The van der Waals surface area contributed by atoms with Crippen molar-refractivity contribution in [2.75, 3.05) is 20.7 Å². The maximum atomic E-state index is 14.1. The molecule has 0 radical (unpaired) electrons. The number of nitrogens with zero attached hydrogens (tertiary/aromatic N) is 2. The molecule has 12 nitrogen and oxygen atoms in total. The third-order valence-corrected chi connectivity index (χ3v) is 8.00. The van der Waals surface area contributed by atoms with Crippen LogP contribution in [-0.4, -0.2) is 77.3 Å². The van der Waals surface area contributed by atoms with Crippen LogP contribution in [0.3, 0.4) is 0 Å². The summed E-state index contributed by atoms with van der Waals surface area (Å²) in [6.07, 6.45) is 0.800. The van der Waals surface area contributed by atoms with Gasteiger partial charge in [-0.1, -0.05) is 102 Å². The van der Waals surface area contributed by atoms with Crippen molar-refractivity contribution < 1.29 is 29.0 Å². The van der Waals surface area contributed by atoms with Crippen LogP contribution in [0.4, 0.5) is 4.79 Å². The number of alkyl carbamates (subject to hydrolysis) is 1. The van der Waals surface area contributed by atoms with Gasteiger partial charge < -0.3 is 25.8 Å². The van der Waals surface area contributed by atoms with Crippen LogP contribution in [0.2, 0.25) is 0 Å². The number of methoxy groups -OCH3 is 1. The number of nitrogens with one attached hydrogen (secondary N) is 4. The van der Waals surface area contributed by atoms with E-state index in [-0.39, 0.29) is 19.5 Å². The zero-order valence-electron chi connectivity index (χ0n) is 29.7. The molecule has 3 rings (SSSR count). The Bertz CT molecular complexity index is 1550. The zero-order chi connectivity index (χ0) is 36.4. The van der Waals surface area contributed by atoms with Crippen molar-refractivity contribution in [3.05, 3.63) is 90.1 Å². The van der Waals surface area contributed by atoms with Gasteiger partial charge in [0.1, 0.15) is 12.1 Å². The molecule has 0 aliphatic heterocycles. The summed E-state index contributed by atoms with van der Waals surface area (Å²) in [5.74, 6) is -1.78. The number of hydrogen-bond donors (Lipinski definition) is 5. The number of aliphatic hydroxyl groups is 1. The number of pyridine rings is 1. The topological polar surface area (TPSA) is 162 Å². The fourth-order valence-electron chi connectivity index (χ4n) is 5.28. The van der Waals surface area contributed by atoms with Crippen LogP contribution in [0.5, 0.6) is 0 Å². The highest BCUT2D eigenvalue weighted by molar-refractivity contribution is 5.92. The highest BCUT2D eigenvalue weighted by Gasteiger charge is 2.43. The Balaban J connectivity index is 2.05. The first kappa shape index (κ1) is 38.6.